The molecule has 2 aliphatic rings. The van der Waals surface area contributed by atoms with Crippen molar-refractivity contribution < 1.29 is 9.59 Å². The smallest absolute Gasteiger partial charge is 0.261 e. The van der Waals surface area contributed by atoms with Crippen LogP contribution in [-0.2, 0) is 0 Å². The number of carbonyl (C=O) groups excluding carboxylic acids is 2. The van der Waals surface area contributed by atoms with Crippen molar-refractivity contribution in [3.63, 3.8) is 0 Å². The average Bonchev–Trinajstić information content (AvgIpc) is 3.02. The number of amides is 2. The fourth-order valence-corrected chi connectivity index (χ4v) is 4.62. The lowest BCUT2D eigenvalue weighted by atomic mass is 9.89. The second kappa shape index (κ2) is 9.36. The summed E-state index contributed by atoms with van der Waals surface area (Å²) in [5, 5.41) is 0. The van der Waals surface area contributed by atoms with E-state index in [-0.39, 0.29) is 11.8 Å². The minimum absolute atomic E-state index is 0.133. The number of unbranched alkanes of at least 4 members (excludes halogenated alkanes) is 3. The molecule has 0 atom stereocenters. The summed E-state index contributed by atoms with van der Waals surface area (Å²) >= 11 is 0. The molecule has 29 heavy (non-hydrogen) atoms. The van der Waals surface area contributed by atoms with E-state index in [1.807, 2.05) is 12.1 Å². The Labute approximate surface area is 173 Å². The van der Waals surface area contributed by atoms with Crippen LogP contribution in [0.3, 0.4) is 0 Å². The first kappa shape index (κ1) is 19.8. The zero-order valence-electron chi connectivity index (χ0n) is 17.1. The topological polar surface area (TPSA) is 40.6 Å². The van der Waals surface area contributed by atoms with Crippen LogP contribution < -0.4 is 0 Å². The number of rotatable bonds is 8. The van der Waals surface area contributed by atoms with Crippen LogP contribution in [-0.4, -0.2) is 47.8 Å². The van der Waals surface area contributed by atoms with Crippen LogP contribution >= 0.6 is 0 Å². The van der Waals surface area contributed by atoms with Crippen LogP contribution in [0.15, 0.2) is 54.6 Å². The molecule has 2 heterocycles. The highest BCUT2D eigenvalue weighted by Gasteiger charge is 2.34. The van der Waals surface area contributed by atoms with Crippen molar-refractivity contribution in [2.45, 2.75) is 44.4 Å². The molecule has 2 aromatic carbocycles. The van der Waals surface area contributed by atoms with Gasteiger partial charge < -0.3 is 4.90 Å². The molecule has 1 fully saturated rings. The number of carbonyl (C=O) groups is 2. The molecule has 4 nitrogen and oxygen atoms in total. The van der Waals surface area contributed by atoms with Crippen molar-refractivity contribution in [3.05, 3.63) is 71.3 Å². The minimum atomic E-state index is -0.133. The number of fused-ring (bicyclic) bond motifs is 1. The summed E-state index contributed by atoms with van der Waals surface area (Å²) in [7, 11) is 0. The van der Waals surface area contributed by atoms with Crippen molar-refractivity contribution in [3.8, 4) is 0 Å². The predicted octanol–water partition coefficient (Wildman–Crippen LogP) is 4.72. The first-order valence-electron chi connectivity index (χ1n) is 11.0. The van der Waals surface area contributed by atoms with E-state index in [1.165, 1.54) is 42.8 Å². The van der Waals surface area contributed by atoms with Crippen LogP contribution in [0.5, 0.6) is 0 Å². The Morgan fingerprint density at radius 3 is 1.86 bits per heavy atom. The Morgan fingerprint density at radius 1 is 0.690 bits per heavy atom. The SMILES string of the molecule is O=C1c2ccccc2C(=O)N1CCCCCCN1CCC(c2ccccc2)CC1. The van der Waals surface area contributed by atoms with Gasteiger partial charge in [0.25, 0.3) is 11.8 Å². The Hall–Kier alpha value is -2.46. The molecule has 0 radical (unpaired) electrons. The molecule has 2 aliphatic heterocycles. The number of hydrogen-bond donors (Lipinski definition) is 0. The molecule has 1 saturated heterocycles. The maximum atomic E-state index is 12.4. The highest BCUT2D eigenvalue weighted by molar-refractivity contribution is 6.21. The Morgan fingerprint density at radius 2 is 1.24 bits per heavy atom. The average molecular weight is 391 g/mol. The van der Waals surface area contributed by atoms with E-state index in [4.69, 9.17) is 0 Å². The van der Waals surface area contributed by atoms with Gasteiger partial charge in [0.1, 0.15) is 0 Å². The molecule has 4 heteroatoms. The van der Waals surface area contributed by atoms with Gasteiger partial charge in [0.2, 0.25) is 0 Å². The first-order chi connectivity index (χ1) is 14.2. The summed E-state index contributed by atoms with van der Waals surface area (Å²) in [6.45, 7) is 4.08. The summed E-state index contributed by atoms with van der Waals surface area (Å²) in [5.41, 5.74) is 2.59. The summed E-state index contributed by atoms with van der Waals surface area (Å²) in [6, 6.07) is 18.0. The van der Waals surface area contributed by atoms with Crippen LogP contribution in [0, 0.1) is 0 Å². The zero-order chi connectivity index (χ0) is 20.1. The van der Waals surface area contributed by atoms with Gasteiger partial charge in [-0.3, -0.25) is 14.5 Å². The predicted molar refractivity (Wildman–Crippen MR) is 115 cm³/mol. The number of nitrogens with zero attached hydrogens (tertiary/aromatic N) is 2. The molecule has 0 aliphatic carbocycles. The maximum Gasteiger partial charge on any atom is 0.261 e. The third kappa shape index (κ3) is 4.59. The largest absolute Gasteiger partial charge is 0.303 e. The third-order valence-electron chi connectivity index (χ3n) is 6.34. The molecule has 0 aromatic heterocycles. The number of hydrogen-bond acceptors (Lipinski definition) is 3. The van der Waals surface area contributed by atoms with Crippen LogP contribution in [0.25, 0.3) is 0 Å². The number of benzene rings is 2. The van der Waals surface area contributed by atoms with E-state index in [9.17, 15) is 9.59 Å². The molecule has 0 saturated carbocycles. The van der Waals surface area contributed by atoms with Gasteiger partial charge in [0.05, 0.1) is 11.1 Å². The molecular formula is C25H30N2O2. The number of piperidine rings is 1. The van der Waals surface area contributed by atoms with Gasteiger partial charge in [-0.05, 0) is 68.9 Å². The molecule has 152 valence electrons. The van der Waals surface area contributed by atoms with E-state index < -0.39 is 0 Å². The Bertz CT molecular complexity index is 806. The molecule has 2 amide bonds. The number of likely N-dealkylation sites (tertiary alicyclic amines) is 1. The minimum Gasteiger partial charge on any atom is -0.303 e. The molecule has 0 spiro atoms. The normalized spacial score (nSPS) is 17.7. The number of imide groups is 1. The maximum absolute atomic E-state index is 12.4. The molecular weight excluding hydrogens is 360 g/mol. The standard InChI is InChI=1S/C25H30N2O2/c28-24-22-12-6-7-13-23(22)25(29)27(24)17-9-2-1-8-16-26-18-14-21(15-19-26)20-10-4-3-5-11-20/h3-7,10-13,21H,1-2,8-9,14-19H2. The van der Waals surface area contributed by atoms with Gasteiger partial charge in [-0.2, -0.15) is 0 Å². The van der Waals surface area contributed by atoms with Gasteiger partial charge in [-0.1, -0.05) is 55.3 Å². The van der Waals surface area contributed by atoms with Gasteiger partial charge in [-0.15, -0.1) is 0 Å². The van der Waals surface area contributed by atoms with E-state index >= 15 is 0 Å². The summed E-state index contributed by atoms with van der Waals surface area (Å²) in [4.78, 5) is 28.7. The second-order valence-corrected chi connectivity index (χ2v) is 8.25. The van der Waals surface area contributed by atoms with Crippen LogP contribution in [0.2, 0.25) is 0 Å². The van der Waals surface area contributed by atoms with Crippen molar-refractivity contribution in [2.75, 3.05) is 26.2 Å². The first-order valence-corrected chi connectivity index (χ1v) is 11.0. The quantitative estimate of drug-likeness (QED) is 0.484. The van der Waals surface area contributed by atoms with Crippen molar-refractivity contribution >= 4 is 11.8 Å². The lowest BCUT2D eigenvalue weighted by Gasteiger charge is -2.32. The highest BCUT2D eigenvalue weighted by Crippen LogP contribution is 2.28. The molecule has 4 rings (SSSR count). The fraction of sp³-hybridized carbons (Fsp3) is 0.440. The van der Waals surface area contributed by atoms with Gasteiger partial charge in [-0.25, -0.2) is 0 Å². The zero-order valence-corrected chi connectivity index (χ0v) is 17.1. The van der Waals surface area contributed by atoms with Crippen LogP contribution in [0.4, 0.5) is 0 Å². The highest BCUT2D eigenvalue weighted by atomic mass is 16.2. The molecule has 0 unspecified atom stereocenters. The summed E-state index contributed by atoms with van der Waals surface area (Å²) in [5.74, 6) is 0.450. The summed E-state index contributed by atoms with van der Waals surface area (Å²) < 4.78 is 0. The van der Waals surface area contributed by atoms with E-state index in [2.05, 4.69) is 35.2 Å². The third-order valence-corrected chi connectivity index (χ3v) is 6.34. The van der Waals surface area contributed by atoms with Gasteiger partial charge in [0, 0.05) is 6.54 Å². The lowest BCUT2D eigenvalue weighted by molar-refractivity contribution is 0.0651. The van der Waals surface area contributed by atoms with Gasteiger partial charge >= 0.3 is 0 Å². The molecule has 0 bridgehead atoms. The fourth-order valence-electron chi connectivity index (χ4n) is 4.62. The van der Waals surface area contributed by atoms with E-state index in [0.29, 0.717) is 23.6 Å². The Balaban J connectivity index is 1.11. The van der Waals surface area contributed by atoms with Gasteiger partial charge in [0.15, 0.2) is 0 Å². The van der Waals surface area contributed by atoms with Crippen LogP contribution in [0.1, 0.15) is 70.7 Å². The van der Waals surface area contributed by atoms with Crippen molar-refractivity contribution in [2.24, 2.45) is 0 Å². The molecule has 0 N–H and O–H groups in total. The summed E-state index contributed by atoms with van der Waals surface area (Å²) in [6.07, 6.45) is 6.81. The monoisotopic (exact) mass is 390 g/mol. The second-order valence-electron chi connectivity index (χ2n) is 8.25. The van der Waals surface area contributed by atoms with E-state index in [0.717, 1.165) is 25.8 Å². The molecule has 2 aromatic rings. The Kier molecular flexibility index (Phi) is 6.40. The van der Waals surface area contributed by atoms with Crippen molar-refractivity contribution in [1.29, 1.82) is 0 Å². The van der Waals surface area contributed by atoms with E-state index in [1.54, 1.807) is 12.1 Å². The van der Waals surface area contributed by atoms with Crippen molar-refractivity contribution in [1.82, 2.24) is 9.80 Å². The lowest BCUT2D eigenvalue weighted by Crippen LogP contribution is -2.33.